The maximum absolute atomic E-state index is 10.6. The number of rotatable bonds is 0. The first kappa shape index (κ1) is 5.60. The van der Waals surface area contributed by atoms with Gasteiger partial charge in [0.2, 0.25) is 0 Å². The van der Waals surface area contributed by atoms with Gasteiger partial charge in [0.1, 0.15) is 0 Å². The van der Waals surface area contributed by atoms with Crippen molar-refractivity contribution in [1.29, 1.82) is 0 Å². The van der Waals surface area contributed by atoms with Crippen molar-refractivity contribution in [2.45, 2.75) is 19.8 Å². The Kier molecular flexibility index (Phi) is 1.51. The smallest absolute Gasteiger partial charge is 0.308 e. The molecule has 0 unspecified atom stereocenters. The molecule has 46 valence electrons. The van der Waals surface area contributed by atoms with Crippen LogP contribution in [0.2, 0.25) is 0 Å². The zero-order chi connectivity index (χ0) is 5.98. The van der Waals surface area contributed by atoms with Crippen LogP contribution in [0.5, 0.6) is 0 Å². The van der Waals surface area contributed by atoms with E-state index in [4.69, 9.17) is 4.74 Å². The predicted octanol–water partition coefficient (Wildman–Crippen LogP) is 0.960. The molecule has 1 heterocycles. The van der Waals surface area contributed by atoms with E-state index >= 15 is 0 Å². The van der Waals surface area contributed by atoms with Crippen LogP contribution in [0.1, 0.15) is 19.8 Å². The van der Waals surface area contributed by atoms with Gasteiger partial charge in [0.25, 0.3) is 0 Å². The molecule has 0 N–H and O–H groups in total. The van der Waals surface area contributed by atoms with Crippen LogP contribution >= 0.6 is 0 Å². The monoisotopic (exact) mass is 114 g/mol. The minimum atomic E-state index is -0.0312. The van der Waals surface area contributed by atoms with E-state index in [1.54, 1.807) is 0 Å². The fourth-order valence-electron chi connectivity index (χ4n) is 0.822. The molecule has 0 aromatic heterocycles. The second kappa shape index (κ2) is 2.16. The topological polar surface area (TPSA) is 26.3 Å². The van der Waals surface area contributed by atoms with E-state index in [2.05, 4.69) is 0 Å². The number of cyclic esters (lactones) is 1. The van der Waals surface area contributed by atoms with Gasteiger partial charge in [-0.3, -0.25) is 4.79 Å². The third kappa shape index (κ3) is 0.997. The quantitative estimate of drug-likeness (QED) is 0.438. The van der Waals surface area contributed by atoms with Gasteiger partial charge in [0, 0.05) is 0 Å². The van der Waals surface area contributed by atoms with E-state index in [-0.39, 0.29) is 11.9 Å². The molecule has 0 amide bonds. The number of esters is 1. The molecule has 1 saturated heterocycles. The van der Waals surface area contributed by atoms with Crippen LogP contribution in [0.4, 0.5) is 0 Å². The number of carbonyl (C=O) groups excluding carboxylic acids is 1. The number of carbonyl (C=O) groups is 1. The Hall–Kier alpha value is -0.530. The molecule has 1 rings (SSSR count). The van der Waals surface area contributed by atoms with Gasteiger partial charge in [0.05, 0.1) is 12.5 Å². The Morgan fingerprint density at radius 2 is 2.50 bits per heavy atom. The summed E-state index contributed by atoms with van der Waals surface area (Å²) in [6, 6.07) is 0. The Morgan fingerprint density at radius 1 is 1.75 bits per heavy atom. The Balaban J connectivity index is 2.39. The van der Waals surface area contributed by atoms with Crippen LogP contribution in [0.15, 0.2) is 0 Å². The maximum Gasteiger partial charge on any atom is 0.308 e. The first-order valence-electron chi connectivity index (χ1n) is 2.97. The first-order chi connectivity index (χ1) is 3.80. The highest BCUT2D eigenvalue weighted by atomic mass is 16.5. The highest BCUT2D eigenvalue weighted by Crippen LogP contribution is 2.12. The van der Waals surface area contributed by atoms with Gasteiger partial charge in [0.15, 0.2) is 0 Å². The number of hydrogen-bond acceptors (Lipinski definition) is 2. The van der Waals surface area contributed by atoms with Crippen molar-refractivity contribution in [3.8, 4) is 0 Å². The molecule has 0 radical (unpaired) electrons. The van der Waals surface area contributed by atoms with Crippen molar-refractivity contribution in [2.24, 2.45) is 5.92 Å². The summed E-state index contributed by atoms with van der Waals surface area (Å²) in [5.41, 5.74) is 0. The predicted molar refractivity (Wildman–Crippen MR) is 29.4 cm³/mol. The third-order valence-corrected chi connectivity index (χ3v) is 1.43. The minimum absolute atomic E-state index is 0.0312. The molecule has 0 saturated carbocycles. The Labute approximate surface area is 48.8 Å². The first-order valence-corrected chi connectivity index (χ1v) is 2.97. The van der Waals surface area contributed by atoms with Gasteiger partial charge in [-0.25, -0.2) is 0 Å². The molecule has 0 aromatic rings. The zero-order valence-corrected chi connectivity index (χ0v) is 5.02. The summed E-state index contributed by atoms with van der Waals surface area (Å²) in [6.45, 7) is 2.53. The third-order valence-electron chi connectivity index (χ3n) is 1.43. The molecule has 8 heavy (non-hydrogen) atoms. The lowest BCUT2D eigenvalue weighted by molar-refractivity contribution is -0.151. The van der Waals surface area contributed by atoms with Gasteiger partial charge in [-0.1, -0.05) is 6.92 Å². The van der Waals surface area contributed by atoms with Crippen LogP contribution < -0.4 is 0 Å². The van der Waals surface area contributed by atoms with Gasteiger partial charge in [-0.2, -0.15) is 0 Å². The largest absolute Gasteiger partial charge is 0.465 e. The highest BCUT2D eigenvalue weighted by Gasteiger charge is 2.17. The van der Waals surface area contributed by atoms with Gasteiger partial charge >= 0.3 is 5.97 Å². The normalized spacial score (nSPS) is 29.6. The fourth-order valence-corrected chi connectivity index (χ4v) is 0.822. The zero-order valence-electron chi connectivity index (χ0n) is 5.02. The van der Waals surface area contributed by atoms with Gasteiger partial charge < -0.3 is 4.74 Å². The molecular formula is C6H10O2. The summed E-state index contributed by atoms with van der Waals surface area (Å²) in [7, 11) is 0. The molecule has 1 fully saturated rings. The van der Waals surface area contributed by atoms with Crippen molar-refractivity contribution in [3.63, 3.8) is 0 Å². The molecular weight excluding hydrogens is 104 g/mol. The Bertz CT molecular complexity index is 98.7. The highest BCUT2D eigenvalue weighted by molar-refractivity contribution is 5.72. The average molecular weight is 114 g/mol. The number of hydrogen-bond donors (Lipinski definition) is 0. The lowest BCUT2D eigenvalue weighted by Crippen LogP contribution is -2.20. The van der Waals surface area contributed by atoms with Gasteiger partial charge in [-0.05, 0) is 12.8 Å². The molecule has 2 heteroatoms. The Morgan fingerprint density at radius 3 is 2.88 bits per heavy atom. The molecule has 2 nitrogen and oxygen atoms in total. The van der Waals surface area contributed by atoms with E-state index in [0.717, 1.165) is 12.8 Å². The molecule has 0 aromatic carbocycles. The van der Waals surface area contributed by atoms with Crippen molar-refractivity contribution in [2.75, 3.05) is 6.61 Å². The van der Waals surface area contributed by atoms with E-state index in [9.17, 15) is 4.79 Å². The van der Waals surface area contributed by atoms with E-state index < -0.39 is 0 Å². The van der Waals surface area contributed by atoms with E-state index in [1.165, 1.54) is 0 Å². The summed E-state index contributed by atoms with van der Waals surface area (Å²) >= 11 is 0. The second-order valence-electron chi connectivity index (χ2n) is 2.21. The van der Waals surface area contributed by atoms with Crippen LogP contribution in [-0.2, 0) is 9.53 Å². The lowest BCUT2D eigenvalue weighted by Gasteiger charge is -2.15. The van der Waals surface area contributed by atoms with E-state index in [0.29, 0.717) is 6.61 Å². The van der Waals surface area contributed by atoms with Crippen molar-refractivity contribution >= 4 is 5.97 Å². The molecule has 1 aliphatic heterocycles. The average Bonchev–Trinajstić information content (AvgIpc) is 1.77. The minimum Gasteiger partial charge on any atom is -0.465 e. The van der Waals surface area contributed by atoms with Crippen LogP contribution in [-0.4, -0.2) is 12.6 Å². The summed E-state index contributed by atoms with van der Waals surface area (Å²) in [6.07, 6.45) is 2.03. The van der Waals surface area contributed by atoms with Crippen LogP contribution in [0.25, 0.3) is 0 Å². The van der Waals surface area contributed by atoms with Crippen molar-refractivity contribution in [3.05, 3.63) is 0 Å². The van der Waals surface area contributed by atoms with Crippen LogP contribution in [0.3, 0.4) is 0 Å². The van der Waals surface area contributed by atoms with Crippen molar-refractivity contribution in [1.82, 2.24) is 0 Å². The summed E-state index contributed by atoms with van der Waals surface area (Å²) in [4.78, 5) is 10.6. The molecule has 0 spiro atoms. The van der Waals surface area contributed by atoms with Crippen LogP contribution in [0, 0.1) is 5.92 Å². The molecule has 1 atom stereocenters. The molecule has 0 aliphatic carbocycles. The summed E-state index contributed by atoms with van der Waals surface area (Å²) in [5.74, 6) is 0.111. The van der Waals surface area contributed by atoms with E-state index in [1.807, 2.05) is 6.92 Å². The lowest BCUT2D eigenvalue weighted by atomic mass is 10.0. The number of ether oxygens (including phenoxy) is 1. The summed E-state index contributed by atoms with van der Waals surface area (Å²) < 4.78 is 4.75. The standard InChI is InChI=1S/C6H10O2/c1-5-3-2-4-8-6(5)7/h5H,2-4H2,1H3/t5-/m0/s1. The summed E-state index contributed by atoms with van der Waals surface area (Å²) in [5, 5.41) is 0. The van der Waals surface area contributed by atoms with Gasteiger partial charge in [-0.15, -0.1) is 0 Å². The molecule has 0 bridgehead atoms. The SMILES string of the molecule is C[C@H]1CCCOC1=O. The molecule has 1 aliphatic rings. The maximum atomic E-state index is 10.6. The fraction of sp³-hybridized carbons (Fsp3) is 0.833. The second-order valence-corrected chi connectivity index (χ2v) is 2.21. The van der Waals surface area contributed by atoms with Crippen molar-refractivity contribution < 1.29 is 9.53 Å².